The number of thiophene rings is 1. The van der Waals surface area contributed by atoms with Crippen molar-refractivity contribution in [3.63, 3.8) is 0 Å². The Bertz CT molecular complexity index is 1320. The molecular weight excluding hydrogens is 629 g/mol. The van der Waals surface area contributed by atoms with Crippen molar-refractivity contribution < 1.29 is 14.7 Å². The number of carbonyl (C=O) groups is 2. The van der Waals surface area contributed by atoms with Crippen LogP contribution in [0, 0.1) is 0 Å². The molecule has 2 N–H and O–H groups in total. The van der Waals surface area contributed by atoms with Crippen molar-refractivity contribution in [2.45, 2.75) is 51.7 Å². The van der Waals surface area contributed by atoms with Crippen LogP contribution in [0.4, 0.5) is 10.9 Å². The fraction of sp³-hybridized carbons (Fsp3) is 0.500. The molecule has 5 rings (SSSR count). The van der Waals surface area contributed by atoms with Gasteiger partial charge in [0, 0.05) is 55.1 Å². The van der Waals surface area contributed by atoms with Crippen LogP contribution in [0.15, 0.2) is 23.8 Å². The van der Waals surface area contributed by atoms with Crippen molar-refractivity contribution in [1.82, 2.24) is 24.8 Å². The first-order valence-electron chi connectivity index (χ1n) is 13.1. The first-order chi connectivity index (χ1) is 18.8. The number of aromatic nitrogens is 3. The number of halogens is 3. The van der Waals surface area contributed by atoms with Crippen LogP contribution in [0.3, 0.4) is 0 Å². The highest BCUT2D eigenvalue weighted by atomic mass is 35.5. The van der Waals surface area contributed by atoms with E-state index in [4.69, 9.17) is 21.7 Å². The van der Waals surface area contributed by atoms with Crippen LogP contribution >= 0.6 is 59.1 Å². The molecule has 2 fully saturated rings. The number of carbonyl (C=O) groups excluding carboxylic acids is 1. The number of nitrogens with zero attached hydrogens (tertiary/aromatic N) is 6. The number of carboxylic acid groups (broad SMARTS) is 1. The zero-order chi connectivity index (χ0) is 27.5. The molecule has 3 aromatic heterocycles. The molecule has 2 atom stereocenters. The lowest BCUT2D eigenvalue weighted by Gasteiger charge is -2.40. The van der Waals surface area contributed by atoms with Crippen molar-refractivity contribution in [3.8, 4) is 10.6 Å². The maximum atomic E-state index is 13.0. The Morgan fingerprint density at radius 3 is 2.54 bits per heavy atom. The van der Waals surface area contributed by atoms with Gasteiger partial charge < -0.3 is 10.0 Å². The molecule has 15 heteroatoms. The van der Waals surface area contributed by atoms with E-state index in [0.717, 1.165) is 41.6 Å². The van der Waals surface area contributed by atoms with Gasteiger partial charge in [-0.15, -0.1) is 36.2 Å². The summed E-state index contributed by atoms with van der Waals surface area (Å²) in [5.74, 6) is -0.442. The first-order valence-corrected chi connectivity index (χ1v) is 15.2. The minimum atomic E-state index is -0.785. The Labute approximate surface area is 265 Å². The Kier molecular flexibility index (Phi) is 12.2. The van der Waals surface area contributed by atoms with Gasteiger partial charge >= 0.3 is 5.97 Å². The summed E-state index contributed by atoms with van der Waals surface area (Å²) in [6.07, 6.45) is 5.63. The lowest BCUT2D eigenvalue weighted by molar-refractivity contribution is -0.137. The molecule has 2 aliphatic heterocycles. The normalized spacial score (nSPS) is 19.4. The summed E-state index contributed by atoms with van der Waals surface area (Å²) < 4.78 is 0. The van der Waals surface area contributed by atoms with Gasteiger partial charge in [-0.2, -0.15) is 0 Å². The Morgan fingerprint density at radius 2 is 1.93 bits per heavy atom. The molecule has 0 aromatic carbocycles. The highest BCUT2D eigenvalue weighted by Crippen LogP contribution is 2.37. The third-order valence-corrected chi connectivity index (χ3v) is 9.57. The SMILES string of the molecule is C[C@@H]1CCCN1Cc1sc(NC(=O)c2cnc(N3CCN(CCC(=O)O)[C@@H](C)C3)cn2)nc1-c1cc(Cl)cs1.Cl.Cl. The van der Waals surface area contributed by atoms with E-state index in [-0.39, 0.29) is 48.9 Å². The molecule has 0 radical (unpaired) electrons. The van der Waals surface area contributed by atoms with E-state index in [0.29, 0.717) is 35.1 Å². The van der Waals surface area contributed by atoms with Crippen LogP contribution in [-0.4, -0.2) is 86.5 Å². The number of thiazole rings is 1. The monoisotopic (exact) mass is 661 g/mol. The summed E-state index contributed by atoms with van der Waals surface area (Å²) in [6.45, 7) is 8.89. The highest BCUT2D eigenvalue weighted by Gasteiger charge is 2.26. The molecule has 224 valence electrons. The molecule has 3 aromatic rings. The van der Waals surface area contributed by atoms with Crippen LogP contribution < -0.4 is 10.2 Å². The molecule has 1 amide bonds. The average molecular weight is 663 g/mol. The third kappa shape index (κ3) is 8.28. The van der Waals surface area contributed by atoms with E-state index < -0.39 is 5.97 Å². The first kappa shape index (κ1) is 33.4. The topological polar surface area (TPSA) is 115 Å². The summed E-state index contributed by atoms with van der Waals surface area (Å²) in [5.41, 5.74) is 1.09. The number of rotatable bonds is 9. The summed E-state index contributed by atoms with van der Waals surface area (Å²) in [6, 6.07) is 2.63. The number of hydrogen-bond acceptors (Lipinski definition) is 10. The number of aliphatic carboxylic acids is 1. The second-order valence-corrected chi connectivity index (χ2v) is 12.5. The predicted molar refractivity (Wildman–Crippen MR) is 170 cm³/mol. The van der Waals surface area contributed by atoms with Crippen LogP contribution in [0.5, 0.6) is 0 Å². The van der Waals surface area contributed by atoms with E-state index in [1.54, 1.807) is 17.5 Å². The quantitative estimate of drug-likeness (QED) is 0.312. The molecule has 0 spiro atoms. The van der Waals surface area contributed by atoms with Crippen molar-refractivity contribution >= 4 is 81.9 Å². The third-order valence-electron chi connectivity index (χ3n) is 7.33. The van der Waals surface area contributed by atoms with E-state index in [1.165, 1.54) is 30.4 Å². The molecule has 2 saturated heterocycles. The highest BCUT2D eigenvalue weighted by molar-refractivity contribution is 7.17. The molecule has 2 aliphatic rings. The molecule has 5 heterocycles. The lowest BCUT2D eigenvalue weighted by atomic mass is 10.2. The van der Waals surface area contributed by atoms with Crippen molar-refractivity contribution in [2.24, 2.45) is 0 Å². The summed E-state index contributed by atoms with van der Waals surface area (Å²) in [5, 5.41) is 15.0. The summed E-state index contributed by atoms with van der Waals surface area (Å²) in [7, 11) is 0. The largest absolute Gasteiger partial charge is 0.481 e. The zero-order valence-corrected chi connectivity index (χ0v) is 26.8. The van der Waals surface area contributed by atoms with Gasteiger partial charge in [0.2, 0.25) is 0 Å². The number of amides is 1. The van der Waals surface area contributed by atoms with Gasteiger partial charge in [-0.1, -0.05) is 22.9 Å². The smallest absolute Gasteiger partial charge is 0.304 e. The van der Waals surface area contributed by atoms with Gasteiger partial charge in [-0.3, -0.25) is 24.7 Å². The van der Waals surface area contributed by atoms with Crippen LogP contribution in [0.1, 0.15) is 48.5 Å². The van der Waals surface area contributed by atoms with Crippen LogP contribution in [-0.2, 0) is 11.3 Å². The zero-order valence-electron chi connectivity index (χ0n) is 22.8. The van der Waals surface area contributed by atoms with Crippen LogP contribution in [0.2, 0.25) is 5.02 Å². The second-order valence-electron chi connectivity index (χ2n) is 10.1. The maximum Gasteiger partial charge on any atom is 0.304 e. The number of carboxylic acids is 1. The van der Waals surface area contributed by atoms with E-state index in [1.807, 2.05) is 11.4 Å². The van der Waals surface area contributed by atoms with Crippen molar-refractivity contribution in [1.29, 1.82) is 0 Å². The number of piperazine rings is 1. The summed E-state index contributed by atoms with van der Waals surface area (Å²) >= 11 is 9.24. The predicted octanol–water partition coefficient (Wildman–Crippen LogP) is 5.38. The molecular formula is C26H34Cl3N7O3S2. The summed E-state index contributed by atoms with van der Waals surface area (Å²) in [4.78, 5) is 46.4. The molecule has 10 nitrogen and oxygen atoms in total. The Morgan fingerprint density at radius 1 is 1.12 bits per heavy atom. The van der Waals surface area contributed by atoms with Crippen molar-refractivity contribution in [2.75, 3.05) is 42.9 Å². The van der Waals surface area contributed by atoms with E-state index in [2.05, 4.69) is 43.8 Å². The minimum absolute atomic E-state index is 0. The lowest BCUT2D eigenvalue weighted by Crippen LogP contribution is -2.52. The number of anilines is 2. The number of hydrogen-bond donors (Lipinski definition) is 2. The van der Waals surface area contributed by atoms with E-state index in [9.17, 15) is 9.59 Å². The molecule has 0 saturated carbocycles. The van der Waals surface area contributed by atoms with Crippen LogP contribution in [0.25, 0.3) is 10.6 Å². The fourth-order valence-corrected chi connectivity index (χ4v) is 7.24. The molecule has 0 bridgehead atoms. The van der Waals surface area contributed by atoms with Crippen molar-refractivity contribution in [3.05, 3.63) is 39.4 Å². The average Bonchev–Trinajstić information content (AvgIpc) is 3.63. The van der Waals surface area contributed by atoms with Gasteiger partial charge in [0.05, 0.1) is 34.4 Å². The Balaban J connectivity index is 0.00000231. The maximum absolute atomic E-state index is 13.0. The molecule has 0 unspecified atom stereocenters. The van der Waals surface area contributed by atoms with Gasteiger partial charge in [0.25, 0.3) is 5.91 Å². The number of nitrogens with one attached hydrogen (secondary N) is 1. The van der Waals surface area contributed by atoms with Gasteiger partial charge in [0.15, 0.2) is 5.13 Å². The van der Waals surface area contributed by atoms with Gasteiger partial charge in [0.1, 0.15) is 11.5 Å². The fourth-order valence-electron chi connectivity index (χ4n) is 5.09. The molecule has 0 aliphatic carbocycles. The van der Waals surface area contributed by atoms with Gasteiger partial charge in [-0.05, 0) is 39.3 Å². The minimum Gasteiger partial charge on any atom is -0.481 e. The molecule has 41 heavy (non-hydrogen) atoms. The number of likely N-dealkylation sites (tertiary alicyclic amines) is 1. The second kappa shape index (κ2) is 14.9. The van der Waals surface area contributed by atoms with E-state index >= 15 is 0 Å². The standard InChI is InChI=1S/C26H32ClN7O3S2.2ClH/c1-16-4-3-6-33(16)14-21-24(20-10-18(27)15-38-20)30-26(39-21)31-25(37)19-11-29-22(12-28-19)34-9-8-32(17(2)13-34)7-5-23(35)36;;/h10-12,15-17H,3-9,13-14H2,1-2H3,(H,35,36)(H,30,31,37);2*1H/t16-,17+;;/m1../s1. The Hall–Kier alpha value is -2.06. The van der Waals surface area contributed by atoms with Gasteiger partial charge in [-0.25, -0.2) is 15.0 Å².